The van der Waals surface area contributed by atoms with Gasteiger partial charge in [0.15, 0.2) is 0 Å². The van der Waals surface area contributed by atoms with Gasteiger partial charge < -0.3 is 10.2 Å². The van der Waals surface area contributed by atoms with E-state index in [1.165, 1.54) is 11.3 Å². The van der Waals surface area contributed by atoms with Crippen molar-refractivity contribution in [2.24, 2.45) is 0 Å². The molecule has 1 N–H and O–H groups in total. The predicted octanol–water partition coefficient (Wildman–Crippen LogP) is 2.41. The molecule has 1 aromatic carbocycles. The number of fused-ring (bicyclic) bond motifs is 1. The molecule has 2 heterocycles. The topological polar surface area (TPSA) is 33.1 Å². The lowest BCUT2D eigenvalue weighted by atomic mass is 10.0. The number of rotatable bonds is 4. The maximum absolute atomic E-state index is 6.36. The van der Waals surface area contributed by atoms with Crippen molar-refractivity contribution in [1.82, 2.24) is 20.0 Å². The van der Waals surface area contributed by atoms with Crippen LogP contribution in [0.4, 0.5) is 0 Å². The molecule has 1 aromatic heterocycles. The van der Waals surface area contributed by atoms with Crippen LogP contribution >= 0.6 is 11.6 Å². The minimum Gasteiger partial charge on any atom is -0.312 e. The van der Waals surface area contributed by atoms with Gasteiger partial charge in [-0.05, 0) is 20.2 Å². The van der Waals surface area contributed by atoms with E-state index in [1.54, 1.807) is 0 Å². The Hall–Kier alpha value is -1.36. The summed E-state index contributed by atoms with van der Waals surface area (Å²) in [4.78, 5) is 2.18. The van der Waals surface area contributed by atoms with Gasteiger partial charge in [0.1, 0.15) is 0 Å². The van der Waals surface area contributed by atoms with Crippen molar-refractivity contribution in [3.8, 4) is 11.3 Å². The fourth-order valence-electron chi connectivity index (χ4n) is 2.77. The minimum atomic E-state index is 0.767. The number of aromatic nitrogens is 2. The molecule has 0 saturated carbocycles. The van der Waals surface area contributed by atoms with E-state index in [0.717, 1.165) is 48.9 Å². The molecule has 0 amide bonds. The van der Waals surface area contributed by atoms with Crippen LogP contribution in [0.25, 0.3) is 11.3 Å². The van der Waals surface area contributed by atoms with Crippen LogP contribution in [0.5, 0.6) is 0 Å². The van der Waals surface area contributed by atoms with Crippen LogP contribution in [0.2, 0.25) is 5.02 Å². The van der Waals surface area contributed by atoms with Gasteiger partial charge in [-0.2, -0.15) is 5.10 Å². The van der Waals surface area contributed by atoms with Crippen molar-refractivity contribution in [1.29, 1.82) is 0 Å². The molecule has 0 unspecified atom stereocenters. The molecule has 0 aliphatic carbocycles. The fraction of sp³-hybridized carbons (Fsp3) is 0.438. The largest absolute Gasteiger partial charge is 0.312 e. The Kier molecular flexibility index (Phi) is 4.29. The average molecular weight is 305 g/mol. The molecule has 112 valence electrons. The van der Waals surface area contributed by atoms with Gasteiger partial charge in [0.2, 0.25) is 0 Å². The third-order valence-corrected chi connectivity index (χ3v) is 4.22. The second-order valence-electron chi connectivity index (χ2n) is 5.71. The Morgan fingerprint density at radius 3 is 2.90 bits per heavy atom. The standard InChI is InChI=1S/C16H21ClN4/c1-20(2)9-10-21-15-7-8-18-11-13(15)16(19-21)12-5-3-4-6-14(12)17/h3-6,18H,7-11H2,1-2H3. The van der Waals surface area contributed by atoms with Gasteiger partial charge >= 0.3 is 0 Å². The molecular formula is C16H21ClN4. The summed E-state index contributed by atoms with van der Waals surface area (Å²) in [6, 6.07) is 7.95. The molecule has 0 bridgehead atoms. The maximum Gasteiger partial charge on any atom is 0.0986 e. The van der Waals surface area contributed by atoms with Gasteiger partial charge in [0.05, 0.1) is 17.3 Å². The number of nitrogens with one attached hydrogen (secondary N) is 1. The summed E-state index contributed by atoms with van der Waals surface area (Å²) < 4.78 is 2.16. The lowest BCUT2D eigenvalue weighted by molar-refractivity contribution is 0.368. The van der Waals surface area contributed by atoms with E-state index in [9.17, 15) is 0 Å². The zero-order valence-corrected chi connectivity index (χ0v) is 13.3. The number of hydrogen-bond donors (Lipinski definition) is 1. The summed E-state index contributed by atoms with van der Waals surface area (Å²) in [7, 11) is 4.18. The fourth-order valence-corrected chi connectivity index (χ4v) is 2.99. The van der Waals surface area contributed by atoms with E-state index in [2.05, 4.69) is 35.1 Å². The molecule has 0 saturated heterocycles. The molecular weight excluding hydrogens is 284 g/mol. The first-order valence-electron chi connectivity index (χ1n) is 7.35. The molecule has 4 nitrogen and oxygen atoms in total. The summed E-state index contributed by atoms with van der Waals surface area (Å²) in [5.41, 5.74) is 4.71. The van der Waals surface area contributed by atoms with Crippen LogP contribution in [0.15, 0.2) is 24.3 Å². The molecule has 1 aliphatic rings. The number of halogens is 1. The molecule has 5 heteroatoms. The first-order chi connectivity index (χ1) is 10.2. The van der Waals surface area contributed by atoms with Crippen molar-refractivity contribution >= 4 is 11.6 Å². The second kappa shape index (κ2) is 6.18. The summed E-state index contributed by atoms with van der Waals surface area (Å²) in [6.45, 7) is 3.80. The molecule has 0 fully saturated rings. The lowest BCUT2D eigenvalue weighted by Gasteiger charge is -2.17. The highest BCUT2D eigenvalue weighted by Gasteiger charge is 2.22. The van der Waals surface area contributed by atoms with E-state index in [4.69, 9.17) is 16.7 Å². The third-order valence-electron chi connectivity index (χ3n) is 3.89. The average Bonchev–Trinajstić information content (AvgIpc) is 2.84. The smallest absolute Gasteiger partial charge is 0.0986 e. The predicted molar refractivity (Wildman–Crippen MR) is 86.6 cm³/mol. The van der Waals surface area contributed by atoms with Gasteiger partial charge in [-0.1, -0.05) is 29.8 Å². The van der Waals surface area contributed by atoms with Crippen molar-refractivity contribution in [2.45, 2.75) is 19.5 Å². The Balaban J connectivity index is 2.03. The van der Waals surface area contributed by atoms with Crippen LogP contribution in [-0.4, -0.2) is 41.9 Å². The first-order valence-corrected chi connectivity index (χ1v) is 7.73. The van der Waals surface area contributed by atoms with Gasteiger partial charge in [0.25, 0.3) is 0 Å². The van der Waals surface area contributed by atoms with Crippen molar-refractivity contribution < 1.29 is 0 Å². The summed E-state index contributed by atoms with van der Waals surface area (Å²) >= 11 is 6.36. The van der Waals surface area contributed by atoms with Crippen LogP contribution < -0.4 is 5.32 Å². The molecule has 0 radical (unpaired) electrons. The first kappa shape index (κ1) is 14.6. The van der Waals surface area contributed by atoms with Crippen molar-refractivity contribution in [3.63, 3.8) is 0 Å². The molecule has 1 aliphatic heterocycles. The van der Waals surface area contributed by atoms with Crippen LogP contribution in [-0.2, 0) is 19.5 Å². The van der Waals surface area contributed by atoms with Gasteiger partial charge in [-0.15, -0.1) is 0 Å². The highest BCUT2D eigenvalue weighted by atomic mass is 35.5. The number of hydrogen-bond acceptors (Lipinski definition) is 3. The summed E-state index contributed by atoms with van der Waals surface area (Å²) in [5, 5.41) is 9.07. The molecule has 21 heavy (non-hydrogen) atoms. The van der Waals surface area contributed by atoms with Gasteiger partial charge in [0, 0.05) is 42.9 Å². The quantitative estimate of drug-likeness (QED) is 0.941. The lowest BCUT2D eigenvalue weighted by Crippen LogP contribution is -2.26. The Morgan fingerprint density at radius 1 is 1.33 bits per heavy atom. The molecule has 0 spiro atoms. The summed E-state index contributed by atoms with van der Waals surface area (Å²) in [5.74, 6) is 0. The highest BCUT2D eigenvalue weighted by molar-refractivity contribution is 6.33. The van der Waals surface area contributed by atoms with Gasteiger partial charge in [-0.25, -0.2) is 0 Å². The van der Waals surface area contributed by atoms with E-state index in [0.29, 0.717) is 0 Å². The van der Waals surface area contributed by atoms with E-state index in [1.807, 2.05) is 18.2 Å². The molecule has 3 rings (SSSR count). The molecule has 0 atom stereocenters. The van der Waals surface area contributed by atoms with Crippen molar-refractivity contribution in [2.75, 3.05) is 27.2 Å². The van der Waals surface area contributed by atoms with E-state index in [-0.39, 0.29) is 0 Å². The van der Waals surface area contributed by atoms with Crippen LogP contribution in [0.3, 0.4) is 0 Å². The third kappa shape index (κ3) is 2.98. The monoisotopic (exact) mass is 304 g/mol. The minimum absolute atomic E-state index is 0.767. The zero-order valence-electron chi connectivity index (χ0n) is 12.6. The Labute approximate surface area is 130 Å². The number of nitrogens with zero attached hydrogens (tertiary/aromatic N) is 3. The Bertz CT molecular complexity index is 633. The zero-order chi connectivity index (χ0) is 14.8. The normalized spacial score (nSPS) is 14.5. The van der Waals surface area contributed by atoms with Crippen molar-refractivity contribution in [3.05, 3.63) is 40.5 Å². The van der Waals surface area contributed by atoms with Crippen LogP contribution in [0, 0.1) is 0 Å². The molecule has 2 aromatic rings. The van der Waals surface area contributed by atoms with Gasteiger partial charge in [-0.3, -0.25) is 4.68 Å². The number of likely N-dealkylation sites (N-methyl/N-ethyl adjacent to an activating group) is 1. The highest BCUT2D eigenvalue weighted by Crippen LogP contribution is 2.32. The second-order valence-corrected chi connectivity index (χ2v) is 6.11. The maximum atomic E-state index is 6.36. The van der Waals surface area contributed by atoms with E-state index >= 15 is 0 Å². The van der Waals surface area contributed by atoms with E-state index < -0.39 is 0 Å². The Morgan fingerprint density at radius 2 is 2.14 bits per heavy atom. The van der Waals surface area contributed by atoms with Crippen LogP contribution in [0.1, 0.15) is 11.3 Å². The summed E-state index contributed by atoms with van der Waals surface area (Å²) in [6.07, 6.45) is 1.03. The number of benzene rings is 1. The SMILES string of the molecule is CN(C)CCn1nc(-c2ccccc2Cl)c2c1CCNC2.